The smallest absolute Gasteiger partial charge is 0.338 e. The number of carbonyl (C=O) groups excluding carboxylic acids is 1. The molecule has 0 aromatic heterocycles. The number of carbonyl (C=O) groups is 1. The monoisotopic (exact) mass is 575 g/mol. The fourth-order valence-electron chi connectivity index (χ4n) is 7.07. The van der Waals surface area contributed by atoms with Gasteiger partial charge in [0.05, 0.1) is 23.8 Å². The zero-order valence-electron chi connectivity index (χ0n) is 26.8. The van der Waals surface area contributed by atoms with Crippen molar-refractivity contribution in [2.24, 2.45) is 0 Å². The van der Waals surface area contributed by atoms with Crippen LogP contribution in [-0.2, 0) is 4.74 Å². The Kier molecular flexibility index (Phi) is 7.11. The number of likely N-dealkylation sites (N-methyl/N-ethyl adjacent to an activating group) is 1. The number of unbranched alkanes of at least 4 members (excludes halogenated alkanes) is 1. The minimum absolute atomic E-state index is 0.119. The number of benzene rings is 3. The van der Waals surface area contributed by atoms with Gasteiger partial charge in [-0.05, 0) is 82.0 Å². The summed E-state index contributed by atoms with van der Waals surface area (Å²) in [6, 6.07) is 16.6. The van der Waals surface area contributed by atoms with Crippen LogP contribution >= 0.6 is 0 Å². The Morgan fingerprint density at radius 2 is 1.63 bits per heavy atom. The van der Waals surface area contributed by atoms with Crippen LogP contribution in [0.15, 0.2) is 60.7 Å². The number of hydrogen-bond donors (Lipinski definition) is 1. The Morgan fingerprint density at radius 3 is 2.37 bits per heavy atom. The second-order valence-corrected chi connectivity index (χ2v) is 13.2. The van der Waals surface area contributed by atoms with Crippen LogP contribution in [0, 0.1) is 0 Å². The maximum atomic E-state index is 13.5. The molecule has 6 rings (SSSR count). The molecule has 0 amide bonds. The van der Waals surface area contributed by atoms with Crippen LogP contribution < -0.4 is 25.2 Å². The summed E-state index contributed by atoms with van der Waals surface area (Å²) in [5, 5.41) is 5.83. The predicted molar refractivity (Wildman–Crippen MR) is 176 cm³/mol. The van der Waals surface area contributed by atoms with E-state index in [4.69, 9.17) is 9.47 Å². The highest BCUT2D eigenvalue weighted by molar-refractivity contribution is 6.00. The molecule has 43 heavy (non-hydrogen) atoms. The lowest BCUT2D eigenvalue weighted by molar-refractivity contribution is 0.0499. The fourth-order valence-corrected chi connectivity index (χ4v) is 7.07. The molecule has 0 spiro atoms. The number of nitrogens with zero attached hydrogens (tertiary/aromatic N) is 1. The molecule has 222 valence electrons. The number of fused-ring (bicyclic) bond motifs is 4. The first-order valence-electron chi connectivity index (χ1n) is 15.6. The highest BCUT2D eigenvalue weighted by Crippen LogP contribution is 2.44. The summed E-state index contributed by atoms with van der Waals surface area (Å²) in [5.74, 6) is 1.27. The van der Waals surface area contributed by atoms with Crippen molar-refractivity contribution in [3.05, 3.63) is 99.1 Å². The second kappa shape index (κ2) is 10.6. The van der Waals surface area contributed by atoms with E-state index < -0.39 is 0 Å². The van der Waals surface area contributed by atoms with Crippen molar-refractivity contribution in [2.75, 3.05) is 18.5 Å². The minimum atomic E-state index is -0.295. The van der Waals surface area contributed by atoms with Crippen molar-refractivity contribution in [1.82, 2.24) is 4.58 Å². The number of rotatable bonds is 6. The van der Waals surface area contributed by atoms with Crippen LogP contribution in [0.5, 0.6) is 11.5 Å². The highest BCUT2D eigenvalue weighted by Gasteiger charge is 2.35. The van der Waals surface area contributed by atoms with E-state index >= 15 is 0 Å². The molecule has 0 radical (unpaired) electrons. The summed E-state index contributed by atoms with van der Waals surface area (Å²) in [4.78, 5) is 13.5. The molecule has 0 aliphatic carbocycles. The Hall–Kier alpha value is -4.12. The first-order valence-corrected chi connectivity index (χ1v) is 15.6. The van der Waals surface area contributed by atoms with Crippen LogP contribution in [0.1, 0.15) is 101 Å². The molecule has 5 heteroatoms. The van der Waals surface area contributed by atoms with Crippen molar-refractivity contribution in [3.63, 3.8) is 0 Å². The maximum absolute atomic E-state index is 13.5. The van der Waals surface area contributed by atoms with Crippen molar-refractivity contribution in [2.45, 2.75) is 79.3 Å². The minimum Gasteiger partial charge on any atom is -0.462 e. The summed E-state index contributed by atoms with van der Waals surface area (Å²) in [5.41, 5.74) is 8.91. The van der Waals surface area contributed by atoms with Gasteiger partial charge in [0.1, 0.15) is 18.0 Å². The third-order valence-electron chi connectivity index (χ3n) is 8.88. The molecular weight excluding hydrogens is 532 g/mol. The van der Waals surface area contributed by atoms with Gasteiger partial charge >= 0.3 is 5.97 Å². The molecule has 0 saturated heterocycles. The molecule has 3 aliphatic rings. The molecule has 1 N–H and O–H groups in total. The van der Waals surface area contributed by atoms with E-state index in [0.717, 1.165) is 69.4 Å². The van der Waals surface area contributed by atoms with Crippen LogP contribution in [0.25, 0.3) is 16.7 Å². The van der Waals surface area contributed by atoms with E-state index in [1.165, 1.54) is 16.7 Å². The van der Waals surface area contributed by atoms with Crippen molar-refractivity contribution < 1.29 is 14.3 Å². The molecule has 0 saturated carbocycles. The van der Waals surface area contributed by atoms with Gasteiger partial charge in [0.2, 0.25) is 5.36 Å². The molecule has 5 nitrogen and oxygen atoms in total. The van der Waals surface area contributed by atoms with Crippen LogP contribution in [0.4, 0.5) is 5.69 Å². The Morgan fingerprint density at radius 1 is 0.884 bits per heavy atom. The highest BCUT2D eigenvalue weighted by atomic mass is 16.5. The summed E-state index contributed by atoms with van der Waals surface area (Å²) in [6.07, 6.45) is 6.42. The first-order chi connectivity index (χ1) is 20.4. The van der Waals surface area contributed by atoms with Gasteiger partial charge in [-0.25, -0.2) is 9.37 Å². The zero-order chi connectivity index (χ0) is 30.7. The number of esters is 1. The zero-order valence-corrected chi connectivity index (χ0v) is 26.8. The van der Waals surface area contributed by atoms with Gasteiger partial charge in [-0.15, -0.1) is 0 Å². The average molecular weight is 576 g/mol. The number of hydrogen-bond acceptors (Lipinski definition) is 4. The van der Waals surface area contributed by atoms with E-state index in [1.807, 2.05) is 24.3 Å². The quantitative estimate of drug-likeness (QED) is 0.149. The van der Waals surface area contributed by atoms with Crippen molar-refractivity contribution in [1.29, 1.82) is 0 Å². The number of allylic oxidation sites excluding steroid dienone is 2. The Labute approximate surface area is 255 Å². The lowest BCUT2D eigenvalue weighted by atomic mass is 9.84. The van der Waals surface area contributed by atoms with Crippen molar-refractivity contribution in [3.8, 4) is 11.5 Å². The van der Waals surface area contributed by atoms with Crippen LogP contribution in [0.2, 0.25) is 0 Å². The molecule has 0 unspecified atom stereocenters. The average Bonchev–Trinajstić information content (AvgIpc) is 2.94. The summed E-state index contributed by atoms with van der Waals surface area (Å²) in [7, 11) is 0. The van der Waals surface area contributed by atoms with Gasteiger partial charge in [0, 0.05) is 53.1 Å². The van der Waals surface area contributed by atoms with E-state index in [-0.39, 0.29) is 17.0 Å². The van der Waals surface area contributed by atoms with Gasteiger partial charge in [-0.3, -0.25) is 0 Å². The van der Waals surface area contributed by atoms with Crippen molar-refractivity contribution >= 4 is 28.4 Å². The third kappa shape index (κ3) is 4.99. The number of nitrogens with one attached hydrogen (secondary N) is 1. The van der Waals surface area contributed by atoms with E-state index in [9.17, 15) is 4.79 Å². The van der Waals surface area contributed by atoms with Gasteiger partial charge in [-0.1, -0.05) is 37.6 Å². The van der Waals surface area contributed by atoms with Gasteiger partial charge in [0.25, 0.3) is 0 Å². The normalized spacial score (nSPS) is 17.3. The Bertz CT molecular complexity index is 1860. The fraction of sp³-hybridized carbons (Fsp3) is 0.368. The van der Waals surface area contributed by atoms with E-state index in [2.05, 4.69) is 102 Å². The van der Waals surface area contributed by atoms with Gasteiger partial charge in [0.15, 0.2) is 5.54 Å². The number of ether oxygens (including phenoxy) is 2. The summed E-state index contributed by atoms with van der Waals surface area (Å²) in [6.45, 7) is 18.8. The van der Waals surface area contributed by atoms with Crippen LogP contribution in [0.3, 0.4) is 0 Å². The lowest BCUT2D eigenvalue weighted by Gasteiger charge is -2.33. The maximum Gasteiger partial charge on any atom is 0.338 e. The summed E-state index contributed by atoms with van der Waals surface area (Å²) >= 11 is 0. The second-order valence-electron chi connectivity index (χ2n) is 13.2. The van der Waals surface area contributed by atoms with E-state index in [1.54, 1.807) is 0 Å². The third-order valence-corrected chi connectivity index (χ3v) is 8.88. The number of anilines is 1. The molecule has 3 heterocycles. The molecule has 3 aromatic carbocycles. The van der Waals surface area contributed by atoms with Gasteiger partial charge < -0.3 is 14.8 Å². The first kappa shape index (κ1) is 29.0. The van der Waals surface area contributed by atoms with E-state index in [0.29, 0.717) is 12.2 Å². The summed E-state index contributed by atoms with van der Waals surface area (Å²) < 4.78 is 15.0. The lowest BCUT2D eigenvalue weighted by Crippen LogP contribution is -2.49. The molecule has 3 aromatic rings. The van der Waals surface area contributed by atoms with Crippen LogP contribution in [-0.4, -0.2) is 30.2 Å². The Balaban J connectivity index is 1.69. The SMILES string of the molecule is CCCCOC(=O)c1ccccc1C1=c2cc3c(cc2Oc2cc4c(cc21)C(C)=CC(C)(C)N4)=[N+](CC)C(C)(C)C=C3C. The largest absolute Gasteiger partial charge is 0.462 e. The topological polar surface area (TPSA) is 50.6 Å². The molecule has 3 aliphatic heterocycles. The van der Waals surface area contributed by atoms with Gasteiger partial charge in [-0.2, -0.15) is 0 Å². The molecular formula is C38H43N2O3+. The molecule has 0 fully saturated rings. The molecule has 0 atom stereocenters. The molecule has 0 bridgehead atoms. The standard InChI is InChI=1S/C38H42N2O3/c1-9-11-16-42-36(41)26-15-13-12-14-25(26)35-29-17-27-23(3)21-37(5,6)39-31(27)19-33(29)43-34-20-32-28(18-30(34)35)24(4)22-38(7,8)40(32)10-2/h12-15,17-22H,9-11,16H2,1-8H3/p+1. The predicted octanol–water partition coefficient (Wildman–Crippen LogP) is 7.31.